The first-order chi connectivity index (χ1) is 8.30. The minimum Gasteiger partial charge on any atom is -0.324 e. The van der Waals surface area contributed by atoms with Gasteiger partial charge in [-0.15, -0.1) is 0 Å². The van der Waals surface area contributed by atoms with E-state index in [1.54, 1.807) is 0 Å². The Hall–Kier alpha value is -1.56. The van der Waals surface area contributed by atoms with Crippen LogP contribution in [0.4, 0.5) is 18.9 Å². The van der Waals surface area contributed by atoms with Gasteiger partial charge in [0.15, 0.2) is 0 Å². The summed E-state index contributed by atoms with van der Waals surface area (Å²) < 4.78 is 37.9. The van der Waals surface area contributed by atoms with Crippen LogP contribution < -0.4 is 10.6 Å². The average molecular weight is 258 g/mol. The molecule has 0 aliphatic carbocycles. The summed E-state index contributed by atoms with van der Waals surface area (Å²) in [6.07, 6.45) is -3.93. The molecule has 1 atom stereocenters. The van der Waals surface area contributed by atoms with Crippen molar-refractivity contribution in [2.75, 3.05) is 11.4 Å². The Morgan fingerprint density at radius 2 is 2.11 bits per heavy atom. The van der Waals surface area contributed by atoms with E-state index >= 15 is 0 Å². The molecule has 1 aromatic carbocycles. The van der Waals surface area contributed by atoms with Gasteiger partial charge in [0.2, 0.25) is 5.91 Å². The number of nitrogens with two attached hydrogens (primary N) is 1. The van der Waals surface area contributed by atoms with E-state index in [2.05, 4.69) is 0 Å². The number of alkyl halides is 3. The van der Waals surface area contributed by atoms with Crippen LogP contribution in [-0.4, -0.2) is 12.5 Å². The first kappa shape index (κ1) is 12.9. The molecule has 0 radical (unpaired) electrons. The number of carbonyl (C=O) groups excluding carboxylic acids is 1. The highest BCUT2D eigenvalue weighted by Gasteiger charge is 2.33. The Labute approximate surface area is 102 Å². The number of fused-ring (bicyclic) bond motifs is 1. The van der Waals surface area contributed by atoms with E-state index in [9.17, 15) is 18.0 Å². The average Bonchev–Trinajstić information content (AvgIpc) is 2.27. The van der Waals surface area contributed by atoms with Crippen LogP contribution in [-0.2, 0) is 11.0 Å². The van der Waals surface area contributed by atoms with Crippen LogP contribution in [0.25, 0.3) is 0 Å². The maximum atomic E-state index is 12.6. The van der Waals surface area contributed by atoms with E-state index in [0.717, 1.165) is 12.1 Å². The molecule has 18 heavy (non-hydrogen) atoms. The molecule has 1 aliphatic heterocycles. The minimum atomic E-state index is -4.40. The van der Waals surface area contributed by atoms with E-state index in [-0.39, 0.29) is 5.91 Å². The van der Waals surface area contributed by atoms with E-state index in [4.69, 9.17) is 5.73 Å². The van der Waals surface area contributed by atoms with E-state index < -0.39 is 17.8 Å². The van der Waals surface area contributed by atoms with Gasteiger partial charge in [0.05, 0.1) is 5.56 Å². The Bertz CT molecular complexity index is 485. The van der Waals surface area contributed by atoms with Crippen LogP contribution in [0.15, 0.2) is 18.2 Å². The molecule has 0 fully saturated rings. The number of amides is 1. The van der Waals surface area contributed by atoms with Gasteiger partial charge in [-0.05, 0) is 30.2 Å². The zero-order valence-corrected chi connectivity index (χ0v) is 9.79. The molecule has 2 N–H and O–H groups in total. The molecule has 3 nitrogen and oxygen atoms in total. The second-order valence-electron chi connectivity index (χ2n) is 4.34. The topological polar surface area (TPSA) is 46.3 Å². The van der Waals surface area contributed by atoms with Crippen molar-refractivity contribution in [2.45, 2.75) is 25.6 Å². The summed E-state index contributed by atoms with van der Waals surface area (Å²) in [5, 5.41) is 0. The molecular formula is C12H13F3N2O. The van der Waals surface area contributed by atoms with Crippen molar-refractivity contribution in [1.82, 2.24) is 0 Å². The maximum absolute atomic E-state index is 12.6. The third kappa shape index (κ3) is 2.20. The lowest BCUT2D eigenvalue weighted by Gasteiger charge is -2.32. The minimum absolute atomic E-state index is 0.192. The number of anilines is 1. The van der Waals surface area contributed by atoms with Gasteiger partial charge in [-0.25, -0.2) is 0 Å². The lowest BCUT2D eigenvalue weighted by atomic mass is 9.95. The number of benzene rings is 1. The van der Waals surface area contributed by atoms with Crippen molar-refractivity contribution in [1.29, 1.82) is 0 Å². The predicted octanol–water partition coefficient (Wildman–Crippen LogP) is 2.46. The summed E-state index contributed by atoms with van der Waals surface area (Å²) in [4.78, 5) is 12.9. The zero-order chi connectivity index (χ0) is 13.5. The largest absolute Gasteiger partial charge is 0.416 e. The lowest BCUT2D eigenvalue weighted by molar-refractivity contribution is -0.137. The Kier molecular flexibility index (Phi) is 3.06. The van der Waals surface area contributed by atoms with Gasteiger partial charge >= 0.3 is 6.18 Å². The van der Waals surface area contributed by atoms with Gasteiger partial charge in [0.25, 0.3) is 0 Å². The Morgan fingerprint density at radius 3 is 2.67 bits per heavy atom. The number of halogens is 3. The highest BCUT2D eigenvalue weighted by atomic mass is 19.4. The summed E-state index contributed by atoms with van der Waals surface area (Å²) in [5.41, 5.74) is 5.94. The number of hydrogen-bond donors (Lipinski definition) is 1. The van der Waals surface area contributed by atoms with Crippen molar-refractivity contribution in [3.8, 4) is 0 Å². The molecule has 0 saturated carbocycles. The third-order valence-corrected chi connectivity index (χ3v) is 3.09. The molecule has 1 aromatic rings. The van der Waals surface area contributed by atoms with Crippen molar-refractivity contribution in [3.63, 3.8) is 0 Å². The number of nitrogens with zero attached hydrogens (tertiary/aromatic N) is 1. The van der Waals surface area contributed by atoms with Gasteiger partial charge in [0, 0.05) is 25.2 Å². The van der Waals surface area contributed by atoms with Gasteiger partial charge in [-0.3, -0.25) is 4.79 Å². The fourth-order valence-corrected chi connectivity index (χ4v) is 2.14. The summed E-state index contributed by atoms with van der Waals surface area (Å²) in [5.74, 6) is -0.192. The van der Waals surface area contributed by atoms with Crippen LogP contribution in [0.3, 0.4) is 0 Å². The molecule has 98 valence electrons. The Balaban J connectivity index is 2.50. The molecule has 0 unspecified atom stereocenters. The fraction of sp³-hybridized carbons (Fsp3) is 0.417. The van der Waals surface area contributed by atoms with Crippen LogP contribution >= 0.6 is 0 Å². The summed E-state index contributed by atoms with van der Waals surface area (Å²) in [6.45, 7) is 1.83. The van der Waals surface area contributed by atoms with Gasteiger partial charge < -0.3 is 10.6 Å². The molecule has 1 amide bonds. The highest BCUT2D eigenvalue weighted by Crippen LogP contribution is 2.37. The molecule has 1 heterocycles. The van der Waals surface area contributed by atoms with Gasteiger partial charge in [-0.1, -0.05) is 0 Å². The molecule has 1 aliphatic rings. The lowest BCUT2D eigenvalue weighted by Crippen LogP contribution is -2.37. The summed E-state index contributed by atoms with van der Waals surface area (Å²) >= 11 is 0. The molecule has 0 bridgehead atoms. The third-order valence-electron chi connectivity index (χ3n) is 3.09. The zero-order valence-electron chi connectivity index (χ0n) is 9.79. The van der Waals surface area contributed by atoms with E-state index in [1.165, 1.54) is 17.9 Å². The maximum Gasteiger partial charge on any atom is 0.416 e. The first-order valence-electron chi connectivity index (χ1n) is 5.55. The number of carbonyl (C=O) groups is 1. The molecule has 0 saturated heterocycles. The van der Waals surface area contributed by atoms with Crippen molar-refractivity contribution >= 4 is 11.6 Å². The SMILES string of the molecule is CC(=O)N1CC[C@H](N)c2cc(C(F)(F)F)ccc21. The first-order valence-corrected chi connectivity index (χ1v) is 5.55. The molecule has 2 rings (SSSR count). The second-order valence-corrected chi connectivity index (χ2v) is 4.34. The monoisotopic (exact) mass is 258 g/mol. The molecule has 6 heteroatoms. The predicted molar refractivity (Wildman–Crippen MR) is 61.0 cm³/mol. The molecule has 0 spiro atoms. The number of hydrogen-bond acceptors (Lipinski definition) is 2. The van der Waals surface area contributed by atoms with Crippen LogP contribution in [0.5, 0.6) is 0 Å². The quantitative estimate of drug-likeness (QED) is 0.777. The molecular weight excluding hydrogens is 245 g/mol. The summed E-state index contributed by atoms with van der Waals surface area (Å²) in [6, 6.07) is 2.87. The van der Waals surface area contributed by atoms with E-state index in [0.29, 0.717) is 24.2 Å². The Morgan fingerprint density at radius 1 is 1.44 bits per heavy atom. The smallest absolute Gasteiger partial charge is 0.324 e. The van der Waals surface area contributed by atoms with Crippen molar-refractivity contribution < 1.29 is 18.0 Å². The van der Waals surface area contributed by atoms with Gasteiger partial charge in [-0.2, -0.15) is 13.2 Å². The van der Waals surface area contributed by atoms with E-state index in [1.807, 2.05) is 0 Å². The normalized spacial score (nSPS) is 19.6. The standard InChI is InChI=1S/C12H13F3N2O/c1-7(18)17-5-4-10(16)9-6-8(12(13,14)15)2-3-11(9)17/h2-3,6,10H,4-5,16H2,1H3/t10-/m0/s1. The van der Waals surface area contributed by atoms with Crippen LogP contribution in [0, 0.1) is 0 Å². The molecule has 0 aromatic heterocycles. The van der Waals surface area contributed by atoms with Crippen LogP contribution in [0.2, 0.25) is 0 Å². The van der Waals surface area contributed by atoms with Crippen LogP contribution in [0.1, 0.15) is 30.5 Å². The number of rotatable bonds is 0. The van der Waals surface area contributed by atoms with Crippen molar-refractivity contribution in [3.05, 3.63) is 29.3 Å². The fourth-order valence-electron chi connectivity index (χ4n) is 2.14. The van der Waals surface area contributed by atoms with Gasteiger partial charge in [0.1, 0.15) is 0 Å². The second kappa shape index (κ2) is 4.28. The van der Waals surface area contributed by atoms with Crippen molar-refractivity contribution in [2.24, 2.45) is 5.73 Å². The summed E-state index contributed by atoms with van der Waals surface area (Å²) in [7, 11) is 0. The highest BCUT2D eigenvalue weighted by molar-refractivity contribution is 5.93.